The quantitative estimate of drug-likeness (QED) is 0.759. The molecule has 2 unspecified atom stereocenters. The zero-order valence-electron chi connectivity index (χ0n) is 13.2. The van der Waals surface area contributed by atoms with Crippen LogP contribution in [-0.2, 0) is 7.05 Å². The number of hydrogen-bond acceptors (Lipinski definition) is 4. The molecule has 0 aromatic carbocycles. The number of aromatic amines is 1. The highest BCUT2D eigenvalue weighted by atomic mass is 15.2. The van der Waals surface area contributed by atoms with Crippen LogP contribution < -0.4 is 10.2 Å². The number of nitrogens with zero attached hydrogens (tertiary/aromatic N) is 4. The number of hydrogen-bond donors (Lipinski definition) is 2. The van der Waals surface area contributed by atoms with E-state index in [4.69, 9.17) is 0 Å². The van der Waals surface area contributed by atoms with E-state index in [1.807, 2.05) is 30.3 Å². The molecule has 3 aromatic heterocycles. The molecule has 2 bridgehead atoms. The summed E-state index contributed by atoms with van der Waals surface area (Å²) in [6.07, 6.45) is 8.41. The fourth-order valence-corrected chi connectivity index (χ4v) is 4.00. The molecule has 23 heavy (non-hydrogen) atoms. The maximum Gasteiger partial charge on any atom is 0.139 e. The van der Waals surface area contributed by atoms with Gasteiger partial charge in [0.2, 0.25) is 0 Å². The van der Waals surface area contributed by atoms with Gasteiger partial charge in [-0.2, -0.15) is 5.10 Å². The van der Waals surface area contributed by atoms with Crippen molar-refractivity contribution in [2.45, 2.75) is 24.9 Å². The van der Waals surface area contributed by atoms with E-state index in [0.717, 1.165) is 30.0 Å². The van der Waals surface area contributed by atoms with Gasteiger partial charge in [0.1, 0.15) is 5.65 Å². The molecule has 5 heterocycles. The Morgan fingerprint density at radius 2 is 2.04 bits per heavy atom. The molecule has 0 amide bonds. The predicted octanol–water partition coefficient (Wildman–Crippen LogP) is 1.90. The zero-order valence-corrected chi connectivity index (χ0v) is 13.2. The number of aryl methyl sites for hydroxylation is 1. The fraction of sp³-hybridized carbons (Fsp3) is 0.412. The first-order valence-electron chi connectivity index (χ1n) is 8.24. The average Bonchev–Trinajstić information content (AvgIpc) is 3.25. The van der Waals surface area contributed by atoms with Crippen LogP contribution in [0.4, 0.5) is 5.69 Å². The van der Waals surface area contributed by atoms with Gasteiger partial charge in [0.15, 0.2) is 0 Å². The van der Waals surface area contributed by atoms with Crippen LogP contribution in [0.25, 0.3) is 22.3 Å². The second kappa shape index (κ2) is 4.83. The number of H-pyrrole nitrogens is 1. The minimum Gasteiger partial charge on any atom is -0.368 e. The third-order valence-corrected chi connectivity index (χ3v) is 5.08. The SMILES string of the molecule is Cn1cc(-c2cc3c(N4CC5CCC(C4)N5)ccnc3[nH]2)cn1. The van der Waals surface area contributed by atoms with E-state index >= 15 is 0 Å². The Morgan fingerprint density at radius 1 is 1.22 bits per heavy atom. The summed E-state index contributed by atoms with van der Waals surface area (Å²) >= 11 is 0. The Morgan fingerprint density at radius 3 is 2.78 bits per heavy atom. The number of nitrogens with one attached hydrogen (secondary N) is 2. The number of anilines is 1. The number of fused-ring (bicyclic) bond motifs is 3. The molecule has 2 aliphatic heterocycles. The maximum absolute atomic E-state index is 4.52. The monoisotopic (exact) mass is 308 g/mol. The summed E-state index contributed by atoms with van der Waals surface area (Å²) in [7, 11) is 1.94. The van der Waals surface area contributed by atoms with Gasteiger partial charge < -0.3 is 15.2 Å². The van der Waals surface area contributed by atoms with Gasteiger partial charge in [-0.15, -0.1) is 0 Å². The summed E-state index contributed by atoms with van der Waals surface area (Å²) < 4.78 is 1.82. The molecule has 0 radical (unpaired) electrons. The van der Waals surface area contributed by atoms with E-state index in [0.29, 0.717) is 12.1 Å². The van der Waals surface area contributed by atoms with Crippen LogP contribution in [0.15, 0.2) is 30.7 Å². The second-order valence-electron chi connectivity index (χ2n) is 6.72. The summed E-state index contributed by atoms with van der Waals surface area (Å²) in [5.74, 6) is 0. The normalized spacial score (nSPS) is 23.8. The van der Waals surface area contributed by atoms with Gasteiger partial charge in [0.05, 0.1) is 11.9 Å². The molecule has 0 saturated carbocycles. The smallest absolute Gasteiger partial charge is 0.139 e. The lowest BCUT2D eigenvalue weighted by atomic mass is 10.1. The minimum absolute atomic E-state index is 0.633. The van der Waals surface area contributed by atoms with Crippen molar-refractivity contribution in [3.63, 3.8) is 0 Å². The summed E-state index contributed by atoms with van der Waals surface area (Å²) in [5.41, 5.74) is 4.41. The molecule has 0 spiro atoms. The van der Waals surface area contributed by atoms with Crippen molar-refractivity contribution in [3.05, 3.63) is 30.7 Å². The fourth-order valence-electron chi connectivity index (χ4n) is 4.00. The van der Waals surface area contributed by atoms with Crippen molar-refractivity contribution in [3.8, 4) is 11.3 Å². The maximum atomic E-state index is 4.52. The Hall–Kier alpha value is -2.34. The van der Waals surface area contributed by atoms with Crippen molar-refractivity contribution in [1.82, 2.24) is 25.1 Å². The largest absolute Gasteiger partial charge is 0.368 e. The van der Waals surface area contributed by atoms with Crippen LogP contribution in [0.1, 0.15) is 12.8 Å². The van der Waals surface area contributed by atoms with Gasteiger partial charge in [0.25, 0.3) is 0 Å². The van der Waals surface area contributed by atoms with Gasteiger partial charge in [-0.25, -0.2) is 4.98 Å². The topological polar surface area (TPSA) is 61.8 Å². The van der Waals surface area contributed by atoms with E-state index in [1.54, 1.807) is 0 Å². The van der Waals surface area contributed by atoms with Crippen molar-refractivity contribution >= 4 is 16.7 Å². The molecule has 5 rings (SSSR count). The van der Waals surface area contributed by atoms with Crippen LogP contribution in [-0.4, -0.2) is 44.9 Å². The van der Waals surface area contributed by atoms with Crippen molar-refractivity contribution < 1.29 is 0 Å². The van der Waals surface area contributed by atoms with E-state index < -0.39 is 0 Å². The molecule has 2 aliphatic rings. The zero-order chi connectivity index (χ0) is 15.4. The first-order chi connectivity index (χ1) is 11.3. The Labute approximate surface area is 134 Å². The molecular formula is C17H20N6. The van der Waals surface area contributed by atoms with Gasteiger partial charge in [-0.3, -0.25) is 4.68 Å². The number of rotatable bonds is 2. The van der Waals surface area contributed by atoms with Gasteiger partial charge in [0, 0.05) is 61.3 Å². The Balaban J connectivity index is 1.58. The van der Waals surface area contributed by atoms with Crippen LogP contribution in [0.5, 0.6) is 0 Å². The molecule has 2 fully saturated rings. The van der Waals surface area contributed by atoms with Crippen LogP contribution in [0.3, 0.4) is 0 Å². The molecule has 6 nitrogen and oxygen atoms in total. The molecular weight excluding hydrogens is 288 g/mol. The lowest BCUT2D eigenvalue weighted by molar-refractivity contribution is 0.466. The van der Waals surface area contributed by atoms with E-state index in [1.165, 1.54) is 23.9 Å². The van der Waals surface area contributed by atoms with Crippen LogP contribution >= 0.6 is 0 Å². The van der Waals surface area contributed by atoms with Crippen molar-refractivity contribution in [2.24, 2.45) is 7.05 Å². The Bertz CT molecular complexity index is 851. The van der Waals surface area contributed by atoms with E-state index in [9.17, 15) is 0 Å². The average molecular weight is 308 g/mol. The van der Waals surface area contributed by atoms with E-state index in [-0.39, 0.29) is 0 Å². The molecule has 2 atom stereocenters. The van der Waals surface area contributed by atoms with Crippen LogP contribution in [0, 0.1) is 0 Å². The number of piperazine rings is 1. The second-order valence-corrected chi connectivity index (χ2v) is 6.72. The van der Waals surface area contributed by atoms with Crippen LogP contribution in [0.2, 0.25) is 0 Å². The lowest BCUT2D eigenvalue weighted by Gasteiger charge is -2.34. The van der Waals surface area contributed by atoms with Crippen molar-refractivity contribution in [1.29, 1.82) is 0 Å². The Kier molecular flexibility index (Phi) is 2.76. The number of aromatic nitrogens is 4. The number of pyridine rings is 1. The molecule has 2 N–H and O–H groups in total. The molecule has 2 saturated heterocycles. The standard InChI is InChI=1S/C17H20N6/c1-22-8-11(7-19-22)15-6-14-16(4-5-18-17(14)21-15)23-9-12-2-3-13(10-23)20-12/h4-8,12-13,20H,2-3,9-10H2,1H3,(H,18,21). The summed E-state index contributed by atoms with van der Waals surface area (Å²) in [6.45, 7) is 2.17. The van der Waals surface area contributed by atoms with Gasteiger partial charge in [-0.1, -0.05) is 0 Å². The first kappa shape index (κ1) is 13.1. The third kappa shape index (κ3) is 2.13. The van der Waals surface area contributed by atoms with Gasteiger partial charge in [-0.05, 0) is 25.0 Å². The predicted molar refractivity (Wildman–Crippen MR) is 90.5 cm³/mol. The van der Waals surface area contributed by atoms with E-state index in [2.05, 4.69) is 37.4 Å². The molecule has 3 aromatic rings. The minimum atomic E-state index is 0.633. The lowest BCUT2D eigenvalue weighted by Crippen LogP contribution is -2.51. The summed E-state index contributed by atoms with van der Waals surface area (Å²) in [6, 6.07) is 5.62. The van der Waals surface area contributed by atoms with Crippen molar-refractivity contribution in [2.75, 3.05) is 18.0 Å². The third-order valence-electron chi connectivity index (χ3n) is 5.08. The molecule has 6 heteroatoms. The highest BCUT2D eigenvalue weighted by molar-refractivity contribution is 5.93. The summed E-state index contributed by atoms with van der Waals surface area (Å²) in [5, 5.41) is 9.16. The molecule has 118 valence electrons. The first-order valence-corrected chi connectivity index (χ1v) is 8.24. The highest BCUT2D eigenvalue weighted by Crippen LogP contribution is 2.32. The highest BCUT2D eigenvalue weighted by Gasteiger charge is 2.32. The molecule has 0 aliphatic carbocycles. The van der Waals surface area contributed by atoms with Gasteiger partial charge >= 0.3 is 0 Å². The summed E-state index contributed by atoms with van der Waals surface area (Å²) in [4.78, 5) is 10.5.